The standard InChI is InChI=1S/C28H27N5O2S/c1-16(21-13-17-10-11-18(21)12-17)29-25(34)15-36-28-30-22-8-4-3-7-20(22)27-31-26(32-33(27)28)24-14-19-6-2-5-9-23(19)35-24/h2-9,14,16-18,21H,10-13,15H2,1H3,(H,29,34). The number of hydrogen-bond donors (Lipinski definition) is 1. The van der Waals surface area contributed by atoms with Gasteiger partial charge in [-0.05, 0) is 68.2 Å². The van der Waals surface area contributed by atoms with Crippen LogP contribution in [0.25, 0.3) is 39.1 Å². The van der Waals surface area contributed by atoms with E-state index in [9.17, 15) is 4.79 Å². The topological polar surface area (TPSA) is 85.3 Å². The van der Waals surface area contributed by atoms with Crippen LogP contribution in [0.15, 0.2) is 64.2 Å². The minimum atomic E-state index is 0.0380. The molecule has 7 nitrogen and oxygen atoms in total. The highest BCUT2D eigenvalue weighted by molar-refractivity contribution is 7.99. The van der Waals surface area contributed by atoms with Gasteiger partial charge in [0.25, 0.3) is 0 Å². The van der Waals surface area contributed by atoms with Crippen LogP contribution in [0.3, 0.4) is 0 Å². The minimum absolute atomic E-state index is 0.0380. The molecular formula is C28H27N5O2S. The van der Waals surface area contributed by atoms with Crippen molar-refractivity contribution in [3.8, 4) is 11.6 Å². The SMILES string of the molecule is CC(NC(=O)CSc1nc2ccccc2c2nc(-c3cc4ccccc4o3)nn12)C1CC2CCC1C2. The molecule has 8 heteroatoms. The molecule has 2 aliphatic carbocycles. The number of furan rings is 1. The van der Waals surface area contributed by atoms with Gasteiger partial charge in [-0.15, -0.1) is 5.10 Å². The summed E-state index contributed by atoms with van der Waals surface area (Å²) in [6.45, 7) is 2.16. The number of thioether (sulfide) groups is 1. The molecule has 3 aromatic heterocycles. The van der Waals surface area contributed by atoms with Crippen LogP contribution in [0, 0.1) is 17.8 Å². The van der Waals surface area contributed by atoms with Gasteiger partial charge in [0.2, 0.25) is 11.7 Å². The third kappa shape index (κ3) is 3.75. The second kappa shape index (κ2) is 8.62. The molecule has 2 aliphatic rings. The van der Waals surface area contributed by atoms with E-state index in [0.717, 1.165) is 33.7 Å². The fourth-order valence-electron chi connectivity index (χ4n) is 6.26. The van der Waals surface area contributed by atoms with E-state index in [4.69, 9.17) is 19.5 Å². The Morgan fingerprint density at radius 1 is 1.14 bits per heavy atom. The molecule has 0 saturated heterocycles. The Bertz CT molecular complexity index is 1570. The summed E-state index contributed by atoms with van der Waals surface area (Å²) in [5.41, 5.74) is 2.33. The van der Waals surface area contributed by atoms with Crippen LogP contribution < -0.4 is 5.32 Å². The number of rotatable bonds is 6. The van der Waals surface area contributed by atoms with Crippen LogP contribution in [0.5, 0.6) is 0 Å². The van der Waals surface area contributed by atoms with Crippen molar-refractivity contribution in [1.29, 1.82) is 0 Å². The molecule has 4 atom stereocenters. The van der Waals surface area contributed by atoms with Crippen molar-refractivity contribution in [2.24, 2.45) is 17.8 Å². The highest BCUT2D eigenvalue weighted by Crippen LogP contribution is 2.49. The molecule has 3 heterocycles. The van der Waals surface area contributed by atoms with Crippen LogP contribution in [-0.4, -0.2) is 37.3 Å². The van der Waals surface area contributed by atoms with Crippen molar-refractivity contribution in [3.63, 3.8) is 0 Å². The maximum absolute atomic E-state index is 12.9. The number of hydrogen-bond acceptors (Lipinski definition) is 6. The van der Waals surface area contributed by atoms with Crippen LogP contribution in [-0.2, 0) is 4.79 Å². The summed E-state index contributed by atoms with van der Waals surface area (Å²) in [7, 11) is 0. The quantitative estimate of drug-likeness (QED) is 0.238. The molecule has 2 aromatic carbocycles. The van der Waals surface area contributed by atoms with Crippen molar-refractivity contribution >= 4 is 45.2 Å². The Kier molecular flexibility index (Phi) is 5.23. The van der Waals surface area contributed by atoms with E-state index in [1.54, 1.807) is 4.52 Å². The number of benzene rings is 2. The van der Waals surface area contributed by atoms with Crippen molar-refractivity contribution in [1.82, 2.24) is 24.9 Å². The molecule has 0 aliphatic heterocycles. The zero-order valence-electron chi connectivity index (χ0n) is 20.1. The van der Waals surface area contributed by atoms with E-state index in [2.05, 4.69) is 12.2 Å². The maximum atomic E-state index is 12.9. The lowest BCUT2D eigenvalue weighted by molar-refractivity contribution is -0.119. The molecule has 0 spiro atoms. The Morgan fingerprint density at radius 3 is 2.83 bits per heavy atom. The van der Waals surface area contributed by atoms with E-state index >= 15 is 0 Å². The fraction of sp³-hybridized carbons (Fsp3) is 0.357. The van der Waals surface area contributed by atoms with E-state index in [-0.39, 0.29) is 17.7 Å². The van der Waals surface area contributed by atoms with Gasteiger partial charge in [0.05, 0.1) is 11.3 Å². The molecular weight excluding hydrogens is 470 g/mol. The lowest BCUT2D eigenvalue weighted by Gasteiger charge is -2.28. The average Bonchev–Trinajstić information content (AvgIpc) is 3.69. The number of nitrogens with zero attached hydrogens (tertiary/aromatic N) is 4. The van der Waals surface area contributed by atoms with Crippen LogP contribution in [0.4, 0.5) is 0 Å². The summed E-state index contributed by atoms with van der Waals surface area (Å²) in [6.07, 6.45) is 5.30. The van der Waals surface area contributed by atoms with Crippen molar-refractivity contribution in [2.75, 3.05) is 5.75 Å². The van der Waals surface area contributed by atoms with Crippen molar-refractivity contribution in [3.05, 3.63) is 54.6 Å². The molecule has 2 saturated carbocycles. The molecule has 2 fully saturated rings. The minimum Gasteiger partial charge on any atom is -0.453 e. The molecule has 1 amide bonds. The van der Waals surface area contributed by atoms with Gasteiger partial charge in [0.15, 0.2) is 16.6 Å². The summed E-state index contributed by atoms with van der Waals surface area (Å²) < 4.78 is 7.76. The number of aromatic nitrogens is 4. The lowest BCUT2D eigenvalue weighted by atomic mass is 9.84. The highest BCUT2D eigenvalue weighted by Gasteiger charge is 2.42. The molecule has 36 heavy (non-hydrogen) atoms. The summed E-state index contributed by atoms with van der Waals surface area (Å²) in [5.74, 6) is 3.70. The zero-order chi connectivity index (χ0) is 24.2. The van der Waals surface area contributed by atoms with Gasteiger partial charge < -0.3 is 9.73 Å². The van der Waals surface area contributed by atoms with Gasteiger partial charge in [0.1, 0.15) is 5.58 Å². The Hall–Kier alpha value is -3.39. The van der Waals surface area contributed by atoms with Gasteiger partial charge in [-0.25, -0.2) is 9.97 Å². The van der Waals surface area contributed by atoms with E-state index in [1.165, 1.54) is 37.4 Å². The monoisotopic (exact) mass is 497 g/mol. The van der Waals surface area contributed by atoms with Crippen LogP contribution in [0.1, 0.15) is 32.6 Å². The number of fused-ring (bicyclic) bond motifs is 6. The number of nitrogens with one attached hydrogen (secondary N) is 1. The molecule has 7 rings (SSSR count). The van der Waals surface area contributed by atoms with Crippen LogP contribution >= 0.6 is 11.8 Å². The predicted octanol–water partition coefficient (Wildman–Crippen LogP) is 5.72. The molecule has 1 N–H and O–H groups in total. The van der Waals surface area contributed by atoms with E-state index in [1.807, 2.05) is 54.6 Å². The first-order chi connectivity index (χ1) is 17.6. The Morgan fingerprint density at radius 2 is 2.00 bits per heavy atom. The molecule has 182 valence electrons. The van der Waals surface area contributed by atoms with Gasteiger partial charge in [-0.1, -0.05) is 48.5 Å². The number of carbonyl (C=O) groups is 1. The van der Waals surface area contributed by atoms with Gasteiger partial charge in [-0.2, -0.15) is 4.52 Å². The number of carbonyl (C=O) groups excluding carboxylic acids is 1. The Balaban J connectivity index is 1.17. The maximum Gasteiger partial charge on any atom is 0.230 e. The van der Waals surface area contributed by atoms with E-state index in [0.29, 0.717) is 28.3 Å². The van der Waals surface area contributed by atoms with Gasteiger partial charge in [-0.3, -0.25) is 4.79 Å². The first-order valence-corrected chi connectivity index (χ1v) is 13.7. The average molecular weight is 498 g/mol. The first kappa shape index (κ1) is 21.9. The molecule has 2 bridgehead atoms. The van der Waals surface area contributed by atoms with Crippen molar-refractivity contribution < 1.29 is 9.21 Å². The summed E-state index contributed by atoms with van der Waals surface area (Å²) in [5, 5.41) is 10.6. The third-order valence-corrected chi connectivity index (χ3v) is 8.88. The highest BCUT2D eigenvalue weighted by atomic mass is 32.2. The largest absolute Gasteiger partial charge is 0.453 e. The third-order valence-electron chi connectivity index (χ3n) is 7.95. The second-order valence-electron chi connectivity index (χ2n) is 10.2. The summed E-state index contributed by atoms with van der Waals surface area (Å²) in [4.78, 5) is 22.5. The van der Waals surface area contributed by atoms with Gasteiger partial charge >= 0.3 is 0 Å². The summed E-state index contributed by atoms with van der Waals surface area (Å²) in [6, 6.07) is 17.9. The Labute approximate surface area is 212 Å². The molecule has 0 radical (unpaired) electrons. The fourth-order valence-corrected chi connectivity index (χ4v) is 7.02. The predicted molar refractivity (Wildman–Crippen MR) is 141 cm³/mol. The molecule has 5 aromatic rings. The second-order valence-corrected chi connectivity index (χ2v) is 11.2. The number of para-hydroxylation sites is 2. The lowest BCUT2D eigenvalue weighted by Crippen LogP contribution is -2.40. The van der Waals surface area contributed by atoms with Crippen molar-refractivity contribution in [2.45, 2.75) is 43.8 Å². The normalized spacial score (nSPS) is 22.1. The zero-order valence-corrected chi connectivity index (χ0v) is 20.9. The van der Waals surface area contributed by atoms with Crippen LogP contribution in [0.2, 0.25) is 0 Å². The summed E-state index contributed by atoms with van der Waals surface area (Å²) >= 11 is 1.39. The molecule has 4 unspecified atom stereocenters. The van der Waals surface area contributed by atoms with Gasteiger partial charge in [0, 0.05) is 16.8 Å². The number of amides is 1. The first-order valence-electron chi connectivity index (χ1n) is 12.7. The van der Waals surface area contributed by atoms with E-state index < -0.39 is 0 Å². The smallest absolute Gasteiger partial charge is 0.230 e.